The zero-order valence-electron chi connectivity index (χ0n) is 14.1. The van der Waals surface area contributed by atoms with Gasteiger partial charge in [0.05, 0.1) is 16.7 Å². The average molecular weight is 442 g/mol. The normalized spacial score (nSPS) is 10.3. The van der Waals surface area contributed by atoms with Gasteiger partial charge in [-0.25, -0.2) is 0 Å². The van der Waals surface area contributed by atoms with Crippen molar-refractivity contribution in [1.29, 1.82) is 0 Å². The summed E-state index contributed by atoms with van der Waals surface area (Å²) in [6, 6.07) is 3.23. The number of Topliss-reactive ketones (excluding diaryl/α,β-unsaturated/α-hetero) is 1. The van der Waals surface area contributed by atoms with Crippen molar-refractivity contribution in [3.63, 3.8) is 0 Å². The standard InChI is InChI=1S/C18H20Cl4O4/c19-15-10-14(25-9-7-17(21)22)11-16(20)18(15)26-8-5-3-1-2-4-6-13(24)12-23/h7,10-12H,1-6,8-9H2. The third-order valence-electron chi connectivity index (χ3n) is 3.40. The van der Waals surface area contributed by atoms with Crippen molar-refractivity contribution in [3.05, 3.63) is 32.7 Å². The predicted octanol–water partition coefficient (Wildman–Crippen LogP) is 6.18. The number of hydrogen-bond donors (Lipinski definition) is 0. The molecule has 0 bridgehead atoms. The Labute approximate surface area is 173 Å². The molecule has 1 rings (SSSR count). The summed E-state index contributed by atoms with van der Waals surface area (Å²) in [7, 11) is 0. The fraction of sp³-hybridized carbons (Fsp3) is 0.444. The van der Waals surface area contributed by atoms with E-state index < -0.39 is 0 Å². The van der Waals surface area contributed by atoms with E-state index in [0.717, 1.165) is 32.1 Å². The minimum absolute atomic E-state index is 0.123. The maximum atomic E-state index is 10.8. The first-order valence-corrected chi connectivity index (χ1v) is 9.69. The quantitative estimate of drug-likeness (QED) is 0.208. The van der Waals surface area contributed by atoms with Gasteiger partial charge in [-0.1, -0.05) is 65.7 Å². The highest BCUT2D eigenvalue weighted by Crippen LogP contribution is 2.37. The molecule has 0 heterocycles. The van der Waals surface area contributed by atoms with Gasteiger partial charge in [-0.2, -0.15) is 0 Å². The number of hydrogen-bond acceptors (Lipinski definition) is 4. The highest BCUT2D eigenvalue weighted by atomic mass is 35.5. The third kappa shape index (κ3) is 9.67. The van der Waals surface area contributed by atoms with E-state index in [1.807, 2.05) is 0 Å². The monoisotopic (exact) mass is 440 g/mol. The van der Waals surface area contributed by atoms with Crippen molar-refractivity contribution in [1.82, 2.24) is 0 Å². The highest BCUT2D eigenvalue weighted by molar-refractivity contribution is 6.55. The number of ketones is 1. The van der Waals surface area contributed by atoms with E-state index in [9.17, 15) is 9.59 Å². The van der Waals surface area contributed by atoms with Crippen LogP contribution >= 0.6 is 46.4 Å². The van der Waals surface area contributed by atoms with Crippen molar-refractivity contribution >= 4 is 58.5 Å². The second-order valence-electron chi connectivity index (χ2n) is 5.47. The maximum Gasteiger partial charge on any atom is 0.195 e. The molecule has 1 aromatic rings. The summed E-state index contributed by atoms with van der Waals surface area (Å²) in [5, 5.41) is 0.724. The molecule has 0 saturated carbocycles. The third-order valence-corrected chi connectivity index (χ3v) is 4.27. The molecule has 0 radical (unpaired) electrons. The summed E-state index contributed by atoms with van der Waals surface area (Å²) in [5.74, 6) is 0.568. The molecule has 0 aliphatic carbocycles. The van der Waals surface area contributed by atoms with Crippen molar-refractivity contribution < 1.29 is 19.1 Å². The largest absolute Gasteiger partial charge is 0.490 e. The van der Waals surface area contributed by atoms with Crippen LogP contribution in [0.1, 0.15) is 38.5 Å². The SMILES string of the molecule is O=CC(=O)CCCCCCCOc1c(Cl)cc(OCC=C(Cl)Cl)cc1Cl. The van der Waals surface area contributed by atoms with Crippen LogP contribution in [0.25, 0.3) is 0 Å². The Morgan fingerprint density at radius 1 is 0.962 bits per heavy atom. The topological polar surface area (TPSA) is 52.6 Å². The number of carbonyl (C=O) groups excluding carboxylic acids is 2. The van der Waals surface area contributed by atoms with Gasteiger partial charge >= 0.3 is 0 Å². The number of ether oxygens (including phenoxy) is 2. The Morgan fingerprint density at radius 3 is 2.19 bits per heavy atom. The Bertz CT molecular complexity index is 605. The molecule has 4 nitrogen and oxygen atoms in total. The zero-order chi connectivity index (χ0) is 19.4. The molecule has 0 aliphatic heterocycles. The Hall–Kier alpha value is -0.940. The molecule has 1 aromatic carbocycles. The van der Waals surface area contributed by atoms with Gasteiger partial charge in [0.1, 0.15) is 16.8 Å². The Morgan fingerprint density at radius 2 is 1.58 bits per heavy atom. The van der Waals surface area contributed by atoms with Crippen LogP contribution < -0.4 is 9.47 Å². The predicted molar refractivity (Wildman–Crippen MR) is 106 cm³/mol. The van der Waals surface area contributed by atoms with E-state index in [2.05, 4.69) is 0 Å². The molecule has 8 heteroatoms. The lowest BCUT2D eigenvalue weighted by molar-refractivity contribution is -0.129. The van der Waals surface area contributed by atoms with Gasteiger partial charge in [0, 0.05) is 18.6 Å². The summed E-state index contributed by atoms with van der Waals surface area (Å²) in [5.41, 5.74) is 0. The van der Waals surface area contributed by atoms with E-state index >= 15 is 0 Å². The summed E-state index contributed by atoms with van der Waals surface area (Å²) >= 11 is 23.4. The van der Waals surface area contributed by atoms with Gasteiger partial charge < -0.3 is 9.47 Å². The number of carbonyl (C=O) groups is 2. The lowest BCUT2D eigenvalue weighted by Gasteiger charge is -2.12. The smallest absolute Gasteiger partial charge is 0.195 e. The van der Waals surface area contributed by atoms with Crippen molar-refractivity contribution in [2.24, 2.45) is 0 Å². The molecule has 0 aliphatic rings. The number of rotatable bonds is 13. The van der Waals surface area contributed by atoms with Crippen LogP contribution in [0.5, 0.6) is 11.5 Å². The van der Waals surface area contributed by atoms with Gasteiger partial charge in [-0.05, 0) is 18.9 Å². The van der Waals surface area contributed by atoms with Crippen LogP contribution in [-0.2, 0) is 9.59 Å². The summed E-state index contributed by atoms with van der Waals surface area (Å²) in [6.45, 7) is 0.686. The van der Waals surface area contributed by atoms with E-state index in [-0.39, 0.29) is 16.9 Å². The van der Waals surface area contributed by atoms with E-state index in [4.69, 9.17) is 55.9 Å². The molecule has 0 N–H and O–H groups in total. The lowest BCUT2D eigenvalue weighted by atomic mass is 10.1. The Kier molecular flexibility index (Phi) is 11.8. The molecule has 0 unspecified atom stereocenters. The van der Waals surface area contributed by atoms with Crippen LogP contribution in [0, 0.1) is 0 Å². The van der Waals surface area contributed by atoms with Gasteiger partial charge in [0.25, 0.3) is 0 Å². The Balaban J connectivity index is 2.31. The summed E-state index contributed by atoms with van der Waals surface area (Å²) in [4.78, 5) is 21.0. The van der Waals surface area contributed by atoms with Gasteiger partial charge in [-0.3, -0.25) is 9.59 Å². The molecule has 26 heavy (non-hydrogen) atoms. The van der Waals surface area contributed by atoms with Crippen molar-refractivity contribution in [2.75, 3.05) is 13.2 Å². The number of benzene rings is 1. The molecule has 0 saturated heterocycles. The summed E-state index contributed by atoms with van der Waals surface area (Å²) < 4.78 is 11.2. The van der Waals surface area contributed by atoms with E-state index in [0.29, 0.717) is 40.9 Å². The lowest BCUT2D eigenvalue weighted by Crippen LogP contribution is -2.00. The fourth-order valence-corrected chi connectivity index (χ4v) is 2.83. The first kappa shape index (κ1) is 23.1. The second-order valence-corrected chi connectivity index (χ2v) is 7.29. The van der Waals surface area contributed by atoms with Gasteiger partial charge in [0.15, 0.2) is 17.8 Å². The van der Waals surface area contributed by atoms with E-state index in [1.54, 1.807) is 12.1 Å². The molecule has 0 amide bonds. The van der Waals surface area contributed by atoms with Crippen LogP contribution in [0.4, 0.5) is 0 Å². The first-order chi connectivity index (χ1) is 12.4. The minimum Gasteiger partial charge on any atom is -0.490 e. The number of aldehydes is 1. The van der Waals surface area contributed by atoms with Crippen LogP contribution in [0.2, 0.25) is 10.0 Å². The molecule has 144 valence electrons. The van der Waals surface area contributed by atoms with E-state index in [1.165, 1.54) is 6.08 Å². The van der Waals surface area contributed by atoms with Crippen molar-refractivity contribution in [3.8, 4) is 11.5 Å². The minimum atomic E-state index is -0.341. The molecule has 0 spiro atoms. The van der Waals surface area contributed by atoms with Crippen LogP contribution in [-0.4, -0.2) is 25.3 Å². The molecular weight excluding hydrogens is 422 g/mol. The average Bonchev–Trinajstić information content (AvgIpc) is 2.58. The van der Waals surface area contributed by atoms with Crippen LogP contribution in [0.15, 0.2) is 22.7 Å². The fourth-order valence-electron chi connectivity index (χ4n) is 2.12. The molecular formula is C18H20Cl4O4. The maximum absolute atomic E-state index is 10.8. The zero-order valence-corrected chi connectivity index (χ0v) is 17.1. The number of unbranched alkanes of at least 4 members (excludes halogenated alkanes) is 4. The summed E-state index contributed by atoms with van der Waals surface area (Å²) in [6.07, 6.45) is 6.62. The second kappa shape index (κ2) is 13.3. The number of halogens is 4. The highest BCUT2D eigenvalue weighted by Gasteiger charge is 2.10. The van der Waals surface area contributed by atoms with Crippen molar-refractivity contribution in [2.45, 2.75) is 38.5 Å². The van der Waals surface area contributed by atoms with Crippen LogP contribution in [0.3, 0.4) is 0 Å². The first-order valence-electron chi connectivity index (χ1n) is 8.18. The molecule has 0 atom stereocenters. The van der Waals surface area contributed by atoms with Gasteiger partial charge in [0.2, 0.25) is 0 Å². The van der Waals surface area contributed by atoms with Gasteiger partial charge in [-0.15, -0.1) is 0 Å². The molecule has 0 fully saturated rings. The molecule has 0 aromatic heterocycles.